The molecule has 1 fully saturated rings. The molecule has 3 rings (SSSR count). The summed E-state index contributed by atoms with van der Waals surface area (Å²) in [4.78, 5) is 18.2. The van der Waals surface area contributed by atoms with Crippen LogP contribution in [0.3, 0.4) is 0 Å². The van der Waals surface area contributed by atoms with Crippen LogP contribution in [0.15, 0.2) is 71.6 Å². The highest BCUT2D eigenvalue weighted by Crippen LogP contribution is 2.24. The maximum atomic E-state index is 12.7. The Kier molecular flexibility index (Phi) is 6.92. The van der Waals surface area contributed by atoms with E-state index in [2.05, 4.69) is 53.5 Å². The molecule has 1 saturated heterocycles. The number of piperazine rings is 1. The van der Waals surface area contributed by atoms with Gasteiger partial charge in [-0.25, -0.2) is 0 Å². The van der Waals surface area contributed by atoms with Gasteiger partial charge in [0.25, 0.3) is 0 Å². The van der Waals surface area contributed by atoms with Crippen molar-refractivity contribution in [2.24, 2.45) is 0 Å². The zero-order valence-electron chi connectivity index (χ0n) is 15.3. The summed E-state index contributed by atoms with van der Waals surface area (Å²) in [6.45, 7) is 6.46. The van der Waals surface area contributed by atoms with Gasteiger partial charge in [-0.15, -0.1) is 11.8 Å². The predicted octanol–water partition coefficient (Wildman–Crippen LogP) is 4.02. The molecule has 26 heavy (non-hydrogen) atoms. The van der Waals surface area contributed by atoms with Crippen molar-refractivity contribution in [2.75, 3.05) is 32.7 Å². The molecule has 1 heterocycles. The van der Waals surface area contributed by atoms with Gasteiger partial charge in [0.15, 0.2) is 0 Å². The summed E-state index contributed by atoms with van der Waals surface area (Å²) in [6, 6.07) is 20.5. The Hall–Kier alpha value is -2.04. The minimum absolute atomic E-state index is 0.0399. The van der Waals surface area contributed by atoms with Crippen LogP contribution in [-0.2, 0) is 4.79 Å². The third-order valence-electron chi connectivity index (χ3n) is 4.56. The van der Waals surface area contributed by atoms with Crippen molar-refractivity contribution >= 4 is 23.7 Å². The van der Waals surface area contributed by atoms with Crippen LogP contribution in [0.5, 0.6) is 0 Å². The molecule has 0 aliphatic carbocycles. The topological polar surface area (TPSA) is 23.6 Å². The first kappa shape index (κ1) is 18.7. The van der Waals surface area contributed by atoms with Crippen molar-refractivity contribution < 1.29 is 4.79 Å². The molecule has 0 bridgehead atoms. The summed E-state index contributed by atoms with van der Waals surface area (Å²) in [6.07, 6.45) is 4.37. The molecule has 1 aliphatic rings. The Balaban J connectivity index is 1.42. The second kappa shape index (κ2) is 9.60. The van der Waals surface area contributed by atoms with Gasteiger partial charge in [0.1, 0.15) is 0 Å². The van der Waals surface area contributed by atoms with Crippen LogP contribution < -0.4 is 0 Å². The Bertz CT molecular complexity index is 709. The number of thioether (sulfide) groups is 1. The zero-order valence-corrected chi connectivity index (χ0v) is 16.1. The van der Waals surface area contributed by atoms with Crippen LogP contribution >= 0.6 is 11.8 Å². The molecule has 2 aromatic carbocycles. The third kappa shape index (κ3) is 5.48. The van der Waals surface area contributed by atoms with Gasteiger partial charge in [-0.1, -0.05) is 60.7 Å². The second-order valence-corrected chi connectivity index (χ2v) is 7.93. The first-order chi connectivity index (χ1) is 12.7. The molecule has 0 N–H and O–H groups in total. The summed E-state index contributed by atoms with van der Waals surface area (Å²) >= 11 is 1.64. The number of hydrogen-bond donors (Lipinski definition) is 0. The van der Waals surface area contributed by atoms with Gasteiger partial charge in [0.2, 0.25) is 5.91 Å². The maximum Gasteiger partial charge on any atom is 0.235 e. The van der Waals surface area contributed by atoms with Gasteiger partial charge in [-0.2, -0.15) is 0 Å². The van der Waals surface area contributed by atoms with Crippen LogP contribution in [0.25, 0.3) is 6.08 Å². The molecule has 3 nitrogen and oxygen atoms in total. The number of amides is 1. The minimum atomic E-state index is -0.0399. The van der Waals surface area contributed by atoms with Crippen LogP contribution in [0, 0.1) is 0 Å². The lowest BCUT2D eigenvalue weighted by atomic mass is 10.2. The molecule has 0 aromatic heterocycles. The predicted molar refractivity (Wildman–Crippen MR) is 110 cm³/mol. The molecular formula is C22H26N2OS. The normalized spacial score (nSPS) is 16.7. The van der Waals surface area contributed by atoms with Gasteiger partial charge in [0, 0.05) is 37.6 Å². The lowest BCUT2D eigenvalue weighted by Crippen LogP contribution is -2.50. The van der Waals surface area contributed by atoms with Crippen LogP contribution in [0.2, 0.25) is 0 Å². The van der Waals surface area contributed by atoms with E-state index in [0.29, 0.717) is 0 Å². The fourth-order valence-corrected chi connectivity index (χ4v) is 4.04. The van der Waals surface area contributed by atoms with E-state index >= 15 is 0 Å². The molecule has 0 saturated carbocycles. The molecule has 0 spiro atoms. The van der Waals surface area contributed by atoms with Gasteiger partial charge >= 0.3 is 0 Å². The molecule has 0 radical (unpaired) electrons. The van der Waals surface area contributed by atoms with E-state index in [0.717, 1.165) is 37.6 Å². The fourth-order valence-electron chi connectivity index (χ4n) is 3.06. The molecule has 4 heteroatoms. The smallest absolute Gasteiger partial charge is 0.235 e. The van der Waals surface area contributed by atoms with Crippen molar-refractivity contribution in [3.05, 3.63) is 72.3 Å². The standard InChI is InChI=1S/C22H26N2OS/c1-19(26-21-12-6-3-7-13-21)22(25)24-17-15-23(16-18-24)14-8-11-20-9-4-2-5-10-20/h2-13,19H,14-18H2,1H3/b11-8+. The molecule has 1 atom stereocenters. The van der Waals surface area contributed by atoms with Crippen LogP contribution in [0.1, 0.15) is 12.5 Å². The lowest BCUT2D eigenvalue weighted by molar-refractivity contribution is -0.131. The zero-order chi connectivity index (χ0) is 18.2. The molecule has 136 valence electrons. The van der Waals surface area contributed by atoms with E-state index in [1.807, 2.05) is 36.1 Å². The SMILES string of the molecule is CC(Sc1ccccc1)C(=O)N1CCN(C/C=C/c2ccccc2)CC1. The second-order valence-electron chi connectivity index (χ2n) is 6.51. The number of carbonyl (C=O) groups is 1. The van der Waals surface area contributed by atoms with Crippen molar-refractivity contribution in [2.45, 2.75) is 17.1 Å². The number of carbonyl (C=O) groups excluding carboxylic acids is 1. The van der Waals surface area contributed by atoms with Gasteiger partial charge in [-0.3, -0.25) is 9.69 Å². The van der Waals surface area contributed by atoms with E-state index < -0.39 is 0 Å². The average Bonchev–Trinajstić information content (AvgIpc) is 2.69. The minimum Gasteiger partial charge on any atom is -0.339 e. The van der Waals surface area contributed by atoms with Crippen molar-refractivity contribution in [3.8, 4) is 0 Å². The Morgan fingerprint density at radius 1 is 1.00 bits per heavy atom. The highest BCUT2D eigenvalue weighted by atomic mass is 32.2. The first-order valence-electron chi connectivity index (χ1n) is 9.17. The Morgan fingerprint density at radius 3 is 2.27 bits per heavy atom. The fraction of sp³-hybridized carbons (Fsp3) is 0.318. The molecule has 1 unspecified atom stereocenters. The van der Waals surface area contributed by atoms with Gasteiger partial charge < -0.3 is 4.90 Å². The Morgan fingerprint density at radius 2 is 1.62 bits per heavy atom. The number of nitrogens with zero attached hydrogens (tertiary/aromatic N) is 2. The summed E-state index contributed by atoms with van der Waals surface area (Å²) in [5.41, 5.74) is 1.23. The van der Waals surface area contributed by atoms with E-state index in [9.17, 15) is 4.79 Å². The third-order valence-corrected chi connectivity index (χ3v) is 5.66. The monoisotopic (exact) mass is 366 g/mol. The number of benzene rings is 2. The summed E-state index contributed by atoms with van der Waals surface area (Å²) in [7, 11) is 0. The summed E-state index contributed by atoms with van der Waals surface area (Å²) < 4.78 is 0. The van der Waals surface area contributed by atoms with Gasteiger partial charge in [0.05, 0.1) is 5.25 Å². The lowest BCUT2D eigenvalue weighted by Gasteiger charge is -2.35. The largest absolute Gasteiger partial charge is 0.339 e. The van der Waals surface area contributed by atoms with Crippen LogP contribution in [0.4, 0.5) is 0 Å². The maximum absolute atomic E-state index is 12.7. The van der Waals surface area contributed by atoms with Crippen molar-refractivity contribution in [1.29, 1.82) is 0 Å². The molecule has 1 amide bonds. The molecule has 1 aliphatic heterocycles. The van der Waals surface area contributed by atoms with Crippen molar-refractivity contribution in [3.63, 3.8) is 0 Å². The highest BCUT2D eigenvalue weighted by Gasteiger charge is 2.25. The van der Waals surface area contributed by atoms with E-state index in [-0.39, 0.29) is 11.2 Å². The first-order valence-corrected chi connectivity index (χ1v) is 10.0. The van der Waals surface area contributed by atoms with Gasteiger partial charge in [-0.05, 0) is 24.6 Å². The van der Waals surface area contributed by atoms with E-state index in [1.54, 1.807) is 11.8 Å². The molecular weight excluding hydrogens is 340 g/mol. The van der Waals surface area contributed by atoms with Crippen molar-refractivity contribution in [1.82, 2.24) is 9.80 Å². The number of rotatable bonds is 6. The highest BCUT2D eigenvalue weighted by molar-refractivity contribution is 8.00. The Labute approximate surface area is 160 Å². The molecule has 2 aromatic rings. The quantitative estimate of drug-likeness (QED) is 0.721. The van der Waals surface area contributed by atoms with E-state index in [4.69, 9.17) is 0 Å². The number of hydrogen-bond acceptors (Lipinski definition) is 3. The summed E-state index contributed by atoms with van der Waals surface area (Å²) in [5, 5.41) is -0.0399. The summed E-state index contributed by atoms with van der Waals surface area (Å²) in [5.74, 6) is 0.248. The van der Waals surface area contributed by atoms with E-state index in [1.165, 1.54) is 5.56 Å². The average molecular weight is 367 g/mol. The van der Waals surface area contributed by atoms with Crippen LogP contribution in [-0.4, -0.2) is 53.7 Å².